The maximum absolute atomic E-state index is 12.9. The second-order valence-electron chi connectivity index (χ2n) is 7.62. The Kier molecular flexibility index (Phi) is 5.14. The Morgan fingerprint density at radius 2 is 1.84 bits per heavy atom. The van der Waals surface area contributed by atoms with Gasteiger partial charge in [0.05, 0.1) is 10.6 Å². The number of amidine groups is 1. The van der Waals surface area contributed by atoms with Gasteiger partial charge in [-0.1, -0.05) is 0 Å². The van der Waals surface area contributed by atoms with E-state index in [2.05, 4.69) is 38.7 Å². The first-order chi connectivity index (χ1) is 15.5. The number of nitrogens with zero attached hydrogens (tertiary/aromatic N) is 4. The molecule has 1 aromatic heterocycles. The molecule has 1 amide bonds. The van der Waals surface area contributed by atoms with Crippen LogP contribution in [0.2, 0.25) is 0 Å². The average Bonchev–Trinajstić information content (AvgIpc) is 3.51. The van der Waals surface area contributed by atoms with Gasteiger partial charge in [0, 0.05) is 50.5 Å². The van der Waals surface area contributed by atoms with Crippen LogP contribution >= 0.6 is 11.8 Å². The molecule has 0 spiro atoms. The summed E-state index contributed by atoms with van der Waals surface area (Å²) < 4.78 is 12.8. The number of hydrogen-bond donors (Lipinski definition) is 0. The first kappa shape index (κ1) is 20.3. The van der Waals surface area contributed by atoms with Crippen LogP contribution in [0.3, 0.4) is 0 Å². The van der Waals surface area contributed by atoms with Crippen molar-refractivity contribution >= 4 is 40.3 Å². The van der Waals surface area contributed by atoms with Crippen molar-refractivity contribution in [3.63, 3.8) is 0 Å². The largest absolute Gasteiger partial charge is 0.454 e. The summed E-state index contributed by atoms with van der Waals surface area (Å²) in [4.78, 5) is 21.8. The van der Waals surface area contributed by atoms with E-state index in [1.807, 2.05) is 56.7 Å². The summed E-state index contributed by atoms with van der Waals surface area (Å²) in [7, 11) is 5.77. The first-order valence-electron chi connectivity index (χ1n) is 10.1. The van der Waals surface area contributed by atoms with Gasteiger partial charge in [0.1, 0.15) is 0 Å². The molecular weight excluding hydrogens is 424 g/mol. The van der Waals surface area contributed by atoms with Gasteiger partial charge in [-0.3, -0.25) is 9.69 Å². The van der Waals surface area contributed by atoms with Crippen molar-refractivity contribution < 1.29 is 14.3 Å². The second kappa shape index (κ2) is 8.12. The highest BCUT2D eigenvalue weighted by Gasteiger charge is 2.31. The molecule has 1 saturated heterocycles. The molecule has 0 unspecified atom stereocenters. The fourth-order valence-electron chi connectivity index (χ4n) is 3.51. The van der Waals surface area contributed by atoms with E-state index in [9.17, 15) is 4.79 Å². The van der Waals surface area contributed by atoms with Crippen LogP contribution in [0.1, 0.15) is 5.69 Å². The Labute approximate surface area is 190 Å². The third kappa shape index (κ3) is 3.73. The molecule has 2 aromatic carbocycles. The third-order valence-electron chi connectivity index (χ3n) is 5.29. The SMILES string of the molecule is CN1C(=O)/C(=C/c2cccn2-c2ccc(N(C)C)cc2)SC1=Nc1ccc2c(c1)OCO2. The van der Waals surface area contributed by atoms with Gasteiger partial charge in [0.2, 0.25) is 6.79 Å². The minimum Gasteiger partial charge on any atom is -0.454 e. The lowest BCUT2D eigenvalue weighted by Crippen LogP contribution is -2.23. The first-order valence-corrected chi connectivity index (χ1v) is 10.9. The van der Waals surface area contributed by atoms with E-state index >= 15 is 0 Å². The van der Waals surface area contributed by atoms with Crippen LogP contribution in [0, 0.1) is 0 Å². The standard InChI is InChI=1S/C24H22N4O3S/c1-26(2)17-7-9-18(10-8-17)28-12-4-5-19(28)14-22-23(29)27(3)24(32-22)25-16-6-11-20-21(13-16)31-15-30-20/h4-14H,15H2,1-3H3/b22-14-,25-24?. The highest BCUT2D eigenvalue weighted by atomic mass is 32.2. The molecule has 2 aliphatic rings. The summed E-state index contributed by atoms with van der Waals surface area (Å²) >= 11 is 1.36. The zero-order valence-electron chi connectivity index (χ0n) is 18.0. The number of ether oxygens (including phenoxy) is 2. The molecular formula is C24H22N4O3S. The predicted molar refractivity (Wildman–Crippen MR) is 128 cm³/mol. The van der Waals surface area contributed by atoms with Crippen LogP contribution in [0.5, 0.6) is 11.5 Å². The quantitative estimate of drug-likeness (QED) is 0.552. The van der Waals surface area contributed by atoms with E-state index in [0.717, 1.165) is 17.1 Å². The zero-order valence-corrected chi connectivity index (χ0v) is 18.8. The number of aromatic nitrogens is 1. The minimum atomic E-state index is -0.0785. The summed E-state index contributed by atoms with van der Waals surface area (Å²) in [5.41, 5.74) is 3.80. The Bertz CT molecular complexity index is 1240. The minimum absolute atomic E-state index is 0.0785. The van der Waals surface area contributed by atoms with Crippen molar-refractivity contribution in [3.05, 3.63) is 71.4 Å². The van der Waals surface area contributed by atoms with Crippen molar-refractivity contribution in [1.29, 1.82) is 0 Å². The Morgan fingerprint density at radius 1 is 1.06 bits per heavy atom. The lowest BCUT2D eigenvalue weighted by molar-refractivity contribution is -0.121. The van der Waals surface area contributed by atoms with Gasteiger partial charge in [-0.25, -0.2) is 4.99 Å². The van der Waals surface area contributed by atoms with Crippen LogP contribution in [0.15, 0.2) is 70.7 Å². The molecule has 32 heavy (non-hydrogen) atoms. The van der Waals surface area contributed by atoms with E-state index in [1.165, 1.54) is 11.8 Å². The smallest absolute Gasteiger partial charge is 0.266 e. The van der Waals surface area contributed by atoms with Crippen LogP contribution < -0.4 is 14.4 Å². The molecule has 162 valence electrons. The molecule has 0 bridgehead atoms. The second-order valence-corrected chi connectivity index (χ2v) is 8.63. The number of amides is 1. The number of anilines is 1. The van der Waals surface area contributed by atoms with E-state index in [1.54, 1.807) is 11.9 Å². The van der Waals surface area contributed by atoms with Gasteiger partial charge in [-0.05, 0) is 66.4 Å². The number of hydrogen-bond acceptors (Lipinski definition) is 6. The van der Waals surface area contributed by atoms with E-state index < -0.39 is 0 Å². The normalized spacial score (nSPS) is 17.6. The van der Waals surface area contributed by atoms with Crippen LogP contribution in [-0.4, -0.2) is 48.5 Å². The summed E-state index contributed by atoms with van der Waals surface area (Å²) in [6.07, 6.45) is 3.90. The van der Waals surface area contributed by atoms with Gasteiger partial charge < -0.3 is 18.9 Å². The maximum atomic E-state index is 12.9. The maximum Gasteiger partial charge on any atom is 0.266 e. The van der Waals surface area contributed by atoms with Crippen molar-refractivity contribution in [2.75, 3.05) is 32.8 Å². The Balaban J connectivity index is 1.42. The van der Waals surface area contributed by atoms with E-state index in [4.69, 9.17) is 9.47 Å². The number of thioether (sulfide) groups is 1. The van der Waals surface area contributed by atoms with Gasteiger partial charge in [0.25, 0.3) is 5.91 Å². The fourth-order valence-corrected chi connectivity index (χ4v) is 4.48. The van der Waals surface area contributed by atoms with Crippen molar-refractivity contribution in [3.8, 4) is 17.2 Å². The molecule has 0 saturated carbocycles. The summed E-state index contributed by atoms with van der Waals surface area (Å²) in [5, 5.41) is 0.619. The van der Waals surface area contributed by atoms with E-state index in [0.29, 0.717) is 27.3 Å². The highest BCUT2D eigenvalue weighted by Crippen LogP contribution is 2.38. The van der Waals surface area contributed by atoms with Gasteiger partial charge >= 0.3 is 0 Å². The number of rotatable bonds is 4. The lowest BCUT2D eigenvalue weighted by Gasteiger charge is -2.13. The molecule has 5 rings (SSSR count). The van der Waals surface area contributed by atoms with Gasteiger partial charge in [0.15, 0.2) is 16.7 Å². The van der Waals surface area contributed by atoms with Crippen LogP contribution in [0.25, 0.3) is 11.8 Å². The summed E-state index contributed by atoms with van der Waals surface area (Å²) in [5.74, 6) is 1.29. The number of benzene rings is 2. The van der Waals surface area contributed by atoms with Crippen LogP contribution in [0.4, 0.5) is 11.4 Å². The monoisotopic (exact) mass is 446 g/mol. The average molecular weight is 447 g/mol. The molecule has 2 aliphatic heterocycles. The van der Waals surface area contributed by atoms with Crippen molar-refractivity contribution in [2.24, 2.45) is 4.99 Å². The van der Waals surface area contributed by atoms with Gasteiger partial charge in [-0.15, -0.1) is 0 Å². The number of carbonyl (C=O) groups excluding carboxylic acids is 1. The molecule has 0 aliphatic carbocycles. The molecule has 8 heteroatoms. The number of fused-ring (bicyclic) bond motifs is 1. The lowest BCUT2D eigenvalue weighted by atomic mass is 10.2. The molecule has 1 fully saturated rings. The molecule has 3 aromatic rings. The zero-order chi connectivity index (χ0) is 22.2. The van der Waals surface area contributed by atoms with Crippen LogP contribution in [-0.2, 0) is 4.79 Å². The molecule has 0 atom stereocenters. The van der Waals surface area contributed by atoms with E-state index in [-0.39, 0.29) is 12.7 Å². The Hall–Kier alpha value is -3.65. The predicted octanol–water partition coefficient (Wildman–Crippen LogP) is 4.51. The molecule has 0 N–H and O–H groups in total. The number of carbonyl (C=O) groups is 1. The topological polar surface area (TPSA) is 59.3 Å². The third-order valence-corrected chi connectivity index (χ3v) is 6.35. The number of likely N-dealkylation sites (N-methyl/N-ethyl adjacent to an activating group) is 1. The Morgan fingerprint density at radius 3 is 2.62 bits per heavy atom. The summed E-state index contributed by atoms with van der Waals surface area (Å²) in [6, 6.07) is 17.8. The van der Waals surface area contributed by atoms with Gasteiger partial charge in [-0.2, -0.15) is 0 Å². The van der Waals surface area contributed by atoms with Crippen molar-refractivity contribution in [1.82, 2.24) is 9.47 Å². The van der Waals surface area contributed by atoms with Crippen molar-refractivity contribution in [2.45, 2.75) is 0 Å². The highest BCUT2D eigenvalue weighted by molar-refractivity contribution is 8.18. The fraction of sp³-hybridized carbons (Fsp3) is 0.167. The molecule has 0 radical (unpaired) electrons. The molecule has 7 nitrogen and oxygen atoms in total. The summed E-state index contributed by atoms with van der Waals surface area (Å²) in [6.45, 7) is 0.215. The molecule has 3 heterocycles. The number of aliphatic imine (C=N–C) groups is 1.